The van der Waals surface area contributed by atoms with Gasteiger partial charge in [-0.1, -0.05) is 12.1 Å². The van der Waals surface area contributed by atoms with Crippen LogP contribution in [0.1, 0.15) is 37.3 Å². The molecule has 1 aromatic carbocycles. The molecule has 0 aliphatic rings. The van der Waals surface area contributed by atoms with E-state index in [9.17, 15) is 26.3 Å². The lowest BCUT2D eigenvalue weighted by atomic mass is 10.1. The average Bonchev–Trinajstić information content (AvgIpc) is 2.34. The largest absolute Gasteiger partial charge is 0.416 e. The lowest BCUT2D eigenvalue weighted by Gasteiger charge is -2.15. The lowest BCUT2D eigenvalue weighted by molar-refractivity contribution is -0.138. The number of nitrogens with one attached hydrogen (secondary N) is 1. The van der Waals surface area contributed by atoms with Crippen LogP contribution in [0.25, 0.3) is 0 Å². The van der Waals surface area contributed by atoms with Gasteiger partial charge in [0.1, 0.15) is 0 Å². The van der Waals surface area contributed by atoms with Gasteiger partial charge in [-0.2, -0.15) is 26.3 Å². The van der Waals surface area contributed by atoms with Crippen LogP contribution in [-0.4, -0.2) is 12.2 Å². The van der Waals surface area contributed by atoms with Crippen LogP contribution in [0.4, 0.5) is 26.3 Å². The molecule has 7 heteroatoms. The summed E-state index contributed by atoms with van der Waals surface area (Å²) >= 11 is 0. The van der Waals surface area contributed by atoms with Crippen molar-refractivity contribution < 1.29 is 26.3 Å². The Labute approximate surface area is 119 Å². The number of alkyl halides is 6. The molecule has 0 saturated carbocycles. The lowest BCUT2D eigenvalue weighted by Crippen LogP contribution is -2.25. The second-order valence-corrected chi connectivity index (χ2v) is 4.98. The molecule has 0 radical (unpaired) electrons. The van der Waals surface area contributed by atoms with Gasteiger partial charge in [-0.15, -0.1) is 0 Å². The number of benzene rings is 1. The smallest absolute Gasteiger partial charge is 0.310 e. The maximum atomic E-state index is 12.4. The zero-order chi connectivity index (χ0) is 16.1. The highest BCUT2D eigenvalue weighted by atomic mass is 19.4. The van der Waals surface area contributed by atoms with Crippen LogP contribution in [0.5, 0.6) is 0 Å². The summed E-state index contributed by atoms with van der Waals surface area (Å²) in [6.07, 6.45) is -8.94. The van der Waals surface area contributed by atoms with Crippen LogP contribution in [0, 0.1) is 0 Å². The van der Waals surface area contributed by atoms with Gasteiger partial charge in [0, 0.05) is 19.0 Å². The van der Waals surface area contributed by atoms with Gasteiger partial charge in [0.15, 0.2) is 0 Å². The van der Waals surface area contributed by atoms with Gasteiger partial charge in [0.05, 0.1) is 5.56 Å². The van der Waals surface area contributed by atoms with Gasteiger partial charge in [-0.05, 0) is 37.5 Å². The van der Waals surface area contributed by atoms with E-state index in [1.54, 1.807) is 6.92 Å². The SMILES string of the molecule is CC(CCCC(F)(F)F)NCc1ccc(C(F)(F)F)cc1. The normalized spacial score (nSPS) is 14.2. The summed E-state index contributed by atoms with van der Waals surface area (Å²) in [7, 11) is 0. The predicted octanol–water partition coefficient (Wildman–Crippen LogP) is 4.92. The van der Waals surface area contributed by atoms with E-state index in [1.807, 2.05) is 0 Å². The van der Waals surface area contributed by atoms with Gasteiger partial charge < -0.3 is 5.32 Å². The van der Waals surface area contributed by atoms with Crippen LogP contribution in [0.2, 0.25) is 0 Å². The Bertz CT molecular complexity index is 421. The molecular formula is C14H17F6N. The molecule has 0 bridgehead atoms. The van der Waals surface area contributed by atoms with E-state index < -0.39 is 24.3 Å². The Balaban J connectivity index is 2.35. The maximum absolute atomic E-state index is 12.4. The molecular weight excluding hydrogens is 296 g/mol. The third kappa shape index (κ3) is 7.36. The number of halogens is 6. The summed E-state index contributed by atoms with van der Waals surface area (Å²) in [6.45, 7) is 2.08. The minimum absolute atomic E-state index is 0.0324. The van der Waals surface area contributed by atoms with Crippen molar-refractivity contribution in [3.8, 4) is 0 Å². The molecule has 1 N–H and O–H groups in total. The highest BCUT2D eigenvalue weighted by Crippen LogP contribution is 2.29. The first-order chi connectivity index (χ1) is 9.58. The Hall–Kier alpha value is -1.24. The van der Waals surface area contributed by atoms with E-state index in [0.29, 0.717) is 18.5 Å². The van der Waals surface area contributed by atoms with Crippen molar-refractivity contribution >= 4 is 0 Å². The highest BCUT2D eigenvalue weighted by Gasteiger charge is 2.30. The van der Waals surface area contributed by atoms with Crippen molar-refractivity contribution in [1.82, 2.24) is 5.32 Å². The minimum atomic E-state index is -4.36. The van der Waals surface area contributed by atoms with Crippen LogP contribution in [0.3, 0.4) is 0 Å². The third-order valence-electron chi connectivity index (χ3n) is 3.03. The molecule has 1 rings (SSSR count). The van der Waals surface area contributed by atoms with E-state index in [1.165, 1.54) is 12.1 Å². The molecule has 0 amide bonds. The van der Waals surface area contributed by atoms with Crippen molar-refractivity contribution in [2.75, 3.05) is 0 Å². The Morgan fingerprint density at radius 1 is 1.00 bits per heavy atom. The maximum Gasteiger partial charge on any atom is 0.416 e. The molecule has 1 unspecified atom stereocenters. The van der Waals surface area contributed by atoms with Crippen molar-refractivity contribution in [3.05, 3.63) is 35.4 Å². The van der Waals surface area contributed by atoms with E-state index in [4.69, 9.17) is 0 Å². The number of rotatable bonds is 6. The summed E-state index contributed by atoms with van der Waals surface area (Å²) < 4.78 is 73.0. The van der Waals surface area contributed by atoms with Gasteiger partial charge in [0.25, 0.3) is 0 Å². The highest BCUT2D eigenvalue weighted by molar-refractivity contribution is 5.24. The summed E-state index contributed by atoms with van der Waals surface area (Å²) in [4.78, 5) is 0. The molecule has 120 valence electrons. The predicted molar refractivity (Wildman–Crippen MR) is 67.7 cm³/mol. The van der Waals surface area contributed by atoms with Crippen LogP contribution in [-0.2, 0) is 12.7 Å². The fourth-order valence-corrected chi connectivity index (χ4v) is 1.81. The molecule has 0 heterocycles. The minimum Gasteiger partial charge on any atom is -0.310 e. The quantitative estimate of drug-likeness (QED) is 0.735. The van der Waals surface area contributed by atoms with Crippen LogP contribution < -0.4 is 5.32 Å². The molecule has 1 nitrogen and oxygen atoms in total. The third-order valence-corrected chi connectivity index (χ3v) is 3.03. The second kappa shape index (κ2) is 7.15. The van der Waals surface area contributed by atoms with Gasteiger partial charge in [-0.25, -0.2) is 0 Å². The summed E-state index contributed by atoms with van der Waals surface area (Å²) in [5, 5.41) is 2.99. The molecule has 0 aliphatic heterocycles. The van der Waals surface area contributed by atoms with Crippen LogP contribution >= 0.6 is 0 Å². The molecule has 0 saturated heterocycles. The fourth-order valence-electron chi connectivity index (χ4n) is 1.81. The monoisotopic (exact) mass is 313 g/mol. The van der Waals surface area contributed by atoms with Gasteiger partial charge in [-0.3, -0.25) is 0 Å². The van der Waals surface area contributed by atoms with Crippen molar-refractivity contribution in [3.63, 3.8) is 0 Å². The van der Waals surface area contributed by atoms with E-state index in [-0.39, 0.29) is 12.5 Å². The van der Waals surface area contributed by atoms with Gasteiger partial charge in [0.2, 0.25) is 0 Å². The van der Waals surface area contributed by atoms with Crippen molar-refractivity contribution in [1.29, 1.82) is 0 Å². The zero-order valence-electron chi connectivity index (χ0n) is 11.5. The molecule has 1 aromatic rings. The zero-order valence-corrected chi connectivity index (χ0v) is 11.5. The first-order valence-electron chi connectivity index (χ1n) is 6.54. The standard InChI is InChI=1S/C14H17F6N/c1-10(3-2-8-13(15,16)17)21-9-11-4-6-12(7-5-11)14(18,19)20/h4-7,10,21H,2-3,8-9H2,1H3. The van der Waals surface area contributed by atoms with Crippen LogP contribution in [0.15, 0.2) is 24.3 Å². The first kappa shape index (κ1) is 17.8. The van der Waals surface area contributed by atoms with E-state index >= 15 is 0 Å². The second-order valence-electron chi connectivity index (χ2n) is 4.98. The van der Waals surface area contributed by atoms with Crippen molar-refractivity contribution in [2.45, 2.75) is 51.1 Å². The molecule has 1 atom stereocenters. The topological polar surface area (TPSA) is 12.0 Å². The summed E-state index contributed by atoms with van der Waals surface area (Å²) in [5.41, 5.74) is -0.0600. The molecule has 21 heavy (non-hydrogen) atoms. The molecule has 0 aliphatic carbocycles. The van der Waals surface area contributed by atoms with E-state index in [2.05, 4.69) is 5.32 Å². The number of hydrogen-bond acceptors (Lipinski definition) is 1. The van der Waals surface area contributed by atoms with Gasteiger partial charge >= 0.3 is 12.4 Å². The molecule has 0 fully saturated rings. The van der Waals surface area contributed by atoms with E-state index in [0.717, 1.165) is 12.1 Å². The summed E-state index contributed by atoms with van der Waals surface area (Å²) in [6, 6.07) is 4.57. The first-order valence-corrected chi connectivity index (χ1v) is 6.54. The Kier molecular flexibility index (Phi) is 6.07. The molecule has 0 aromatic heterocycles. The Morgan fingerprint density at radius 2 is 1.57 bits per heavy atom. The van der Waals surface area contributed by atoms with Crippen molar-refractivity contribution in [2.24, 2.45) is 0 Å². The average molecular weight is 313 g/mol. The number of hydrogen-bond donors (Lipinski definition) is 1. The molecule has 0 spiro atoms. The summed E-state index contributed by atoms with van der Waals surface area (Å²) in [5.74, 6) is 0. The fraction of sp³-hybridized carbons (Fsp3) is 0.571. The Morgan fingerprint density at radius 3 is 2.05 bits per heavy atom.